The number of fused-ring (bicyclic) bond motifs is 1. The molecule has 0 N–H and O–H groups in total. The molecule has 0 saturated heterocycles. The molecule has 0 aliphatic heterocycles. The summed E-state index contributed by atoms with van der Waals surface area (Å²) >= 11 is 7.13. The summed E-state index contributed by atoms with van der Waals surface area (Å²) in [6, 6.07) is 20.9. The van der Waals surface area contributed by atoms with Crippen LogP contribution in [0.1, 0.15) is 11.1 Å². The second kappa shape index (κ2) is 8.46. The normalized spacial score (nSPS) is 10.9. The van der Waals surface area contributed by atoms with Gasteiger partial charge in [-0.2, -0.15) is 0 Å². The third-order valence-corrected chi connectivity index (χ3v) is 5.91. The number of benzene rings is 2. The Hall–Kier alpha value is -2.83. The SMILES string of the molecule is C=CCn1c(=S)sc2c(N(Cc3ccccc3)Cc3ccccc3)ncnc21. The number of allylic oxidation sites excluding steroid dienone is 1. The van der Waals surface area contributed by atoms with Crippen molar-refractivity contribution in [1.29, 1.82) is 0 Å². The molecule has 0 aliphatic carbocycles. The standard InChI is InChI=1S/C22H20N4S2/c1-2-13-26-21-19(28-22(26)27)20(23-16-24-21)25(14-17-9-5-3-6-10-17)15-18-11-7-4-8-12-18/h2-12,16H,1,13-15H2. The quantitative estimate of drug-likeness (QED) is 0.296. The molecule has 0 amide bonds. The van der Waals surface area contributed by atoms with E-state index in [1.807, 2.05) is 22.8 Å². The number of aromatic nitrogens is 3. The molecule has 0 radical (unpaired) electrons. The fourth-order valence-electron chi connectivity index (χ4n) is 3.20. The van der Waals surface area contributed by atoms with E-state index in [-0.39, 0.29) is 0 Å². The van der Waals surface area contributed by atoms with E-state index in [1.165, 1.54) is 11.1 Å². The molecule has 4 nitrogen and oxygen atoms in total. The molecule has 6 heteroatoms. The molecule has 2 aromatic heterocycles. The number of thiazole rings is 1. The molecule has 0 saturated carbocycles. The minimum atomic E-state index is 0.645. The van der Waals surface area contributed by atoms with Crippen molar-refractivity contribution in [3.63, 3.8) is 0 Å². The van der Waals surface area contributed by atoms with E-state index in [1.54, 1.807) is 17.7 Å². The van der Waals surface area contributed by atoms with Crippen LogP contribution >= 0.6 is 23.6 Å². The molecule has 0 spiro atoms. The van der Waals surface area contributed by atoms with Crippen LogP contribution in [0.15, 0.2) is 79.6 Å². The van der Waals surface area contributed by atoms with Crippen molar-refractivity contribution in [2.24, 2.45) is 0 Å². The topological polar surface area (TPSA) is 34.0 Å². The zero-order valence-corrected chi connectivity index (χ0v) is 17.0. The lowest BCUT2D eigenvalue weighted by Gasteiger charge is -2.24. The number of rotatable bonds is 7. The first-order chi connectivity index (χ1) is 13.8. The molecule has 0 aliphatic rings. The monoisotopic (exact) mass is 404 g/mol. The van der Waals surface area contributed by atoms with E-state index in [0.717, 1.165) is 33.2 Å². The molecule has 4 aromatic rings. The summed E-state index contributed by atoms with van der Waals surface area (Å²) in [5.74, 6) is 0.914. The van der Waals surface area contributed by atoms with Crippen LogP contribution in [0.2, 0.25) is 0 Å². The van der Waals surface area contributed by atoms with Gasteiger partial charge in [-0.25, -0.2) is 9.97 Å². The molecule has 0 unspecified atom stereocenters. The summed E-state index contributed by atoms with van der Waals surface area (Å²) in [7, 11) is 0. The molecular weight excluding hydrogens is 384 g/mol. The summed E-state index contributed by atoms with van der Waals surface area (Å²) < 4.78 is 3.81. The van der Waals surface area contributed by atoms with E-state index >= 15 is 0 Å². The van der Waals surface area contributed by atoms with Gasteiger partial charge in [0.25, 0.3) is 0 Å². The highest BCUT2D eigenvalue weighted by molar-refractivity contribution is 7.73. The van der Waals surface area contributed by atoms with Gasteiger partial charge in [0, 0.05) is 19.6 Å². The van der Waals surface area contributed by atoms with Crippen LogP contribution < -0.4 is 4.90 Å². The molecule has 140 valence electrons. The third kappa shape index (κ3) is 3.88. The minimum absolute atomic E-state index is 0.645. The second-order valence-corrected chi connectivity index (χ2v) is 8.09. The molecule has 0 atom stereocenters. The predicted molar refractivity (Wildman–Crippen MR) is 119 cm³/mol. The van der Waals surface area contributed by atoms with Crippen molar-refractivity contribution in [1.82, 2.24) is 14.5 Å². The molecule has 0 fully saturated rings. The lowest BCUT2D eigenvalue weighted by Crippen LogP contribution is -2.23. The number of nitrogens with zero attached hydrogens (tertiary/aromatic N) is 4. The second-order valence-electron chi connectivity index (χ2n) is 6.44. The lowest BCUT2D eigenvalue weighted by molar-refractivity contribution is 0.784. The van der Waals surface area contributed by atoms with Gasteiger partial charge in [0.05, 0.1) is 0 Å². The van der Waals surface area contributed by atoms with E-state index in [9.17, 15) is 0 Å². The first kappa shape index (κ1) is 18.5. The zero-order chi connectivity index (χ0) is 19.3. The van der Waals surface area contributed by atoms with Crippen molar-refractivity contribution in [3.05, 3.63) is 94.7 Å². The van der Waals surface area contributed by atoms with Crippen LogP contribution in [0.25, 0.3) is 10.3 Å². The molecule has 28 heavy (non-hydrogen) atoms. The Morgan fingerprint density at radius 3 is 2.14 bits per heavy atom. The molecule has 2 heterocycles. The summed E-state index contributed by atoms with van der Waals surface area (Å²) in [6.45, 7) is 6.00. The Morgan fingerprint density at radius 1 is 0.964 bits per heavy atom. The summed E-state index contributed by atoms with van der Waals surface area (Å²) in [5.41, 5.74) is 3.34. The van der Waals surface area contributed by atoms with Gasteiger partial charge in [-0.05, 0) is 23.3 Å². The number of hydrogen-bond acceptors (Lipinski definition) is 5. The van der Waals surface area contributed by atoms with Gasteiger partial charge in [-0.3, -0.25) is 0 Å². The van der Waals surface area contributed by atoms with Crippen LogP contribution in [-0.4, -0.2) is 14.5 Å². The highest BCUT2D eigenvalue weighted by Gasteiger charge is 2.17. The lowest BCUT2D eigenvalue weighted by atomic mass is 10.1. The van der Waals surface area contributed by atoms with Gasteiger partial charge >= 0.3 is 0 Å². The maximum atomic E-state index is 5.57. The van der Waals surface area contributed by atoms with E-state index in [2.05, 4.69) is 70.0 Å². The molecular formula is C22H20N4S2. The fourth-order valence-corrected chi connectivity index (χ4v) is 4.58. The zero-order valence-electron chi connectivity index (χ0n) is 15.4. The van der Waals surface area contributed by atoms with Crippen molar-refractivity contribution < 1.29 is 0 Å². The number of anilines is 1. The Bertz CT molecular complexity index is 1090. The average molecular weight is 405 g/mol. The molecule has 0 bridgehead atoms. The van der Waals surface area contributed by atoms with Crippen LogP contribution in [0.5, 0.6) is 0 Å². The van der Waals surface area contributed by atoms with Crippen molar-refractivity contribution >= 4 is 39.7 Å². The predicted octanol–water partition coefficient (Wildman–Crippen LogP) is 5.62. The van der Waals surface area contributed by atoms with E-state index in [4.69, 9.17) is 12.2 Å². The smallest absolute Gasteiger partial charge is 0.163 e. The Balaban J connectivity index is 1.80. The van der Waals surface area contributed by atoms with Crippen LogP contribution in [0.3, 0.4) is 0 Å². The third-order valence-electron chi connectivity index (χ3n) is 4.48. The van der Waals surface area contributed by atoms with Gasteiger partial charge < -0.3 is 9.47 Å². The van der Waals surface area contributed by atoms with Crippen molar-refractivity contribution in [2.75, 3.05) is 4.90 Å². The largest absolute Gasteiger partial charge is 0.347 e. The summed E-state index contributed by atoms with van der Waals surface area (Å²) in [5, 5.41) is 0. The maximum Gasteiger partial charge on any atom is 0.163 e. The Morgan fingerprint density at radius 2 is 1.57 bits per heavy atom. The van der Waals surface area contributed by atoms with E-state index < -0.39 is 0 Å². The molecule has 4 rings (SSSR count). The van der Waals surface area contributed by atoms with Crippen LogP contribution in [0, 0.1) is 3.95 Å². The van der Waals surface area contributed by atoms with Gasteiger partial charge in [-0.1, -0.05) is 78.1 Å². The molecule has 2 aromatic carbocycles. The maximum absolute atomic E-state index is 5.57. The van der Waals surface area contributed by atoms with Gasteiger partial charge in [0.2, 0.25) is 0 Å². The van der Waals surface area contributed by atoms with E-state index in [0.29, 0.717) is 6.54 Å². The van der Waals surface area contributed by atoms with Gasteiger partial charge in [-0.15, -0.1) is 6.58 Å². The average Bonchev–Trinajstić information content (AvgIpc) is 3.05. The Labute approximate surface area is 173 Å². The van der Waals surface area contributed by atoms with Crippen molar-refractivity contribution in [2.45, 2.75) is 19.6 Å². The minimum Gasteiger partial charge on any atom is -0.347 e. The fraction of sp³-hybridized carbons (Fsp3) is 0.136. The first-order valence-corrected chi connectivity index (χ1v) is 10.3. The van der Waals surface area contributed by atoms with Gasteiger partial charge in [0.15, 0.2) is 15.4 Å². The first-order valence-electron chi connectivity index (χ1n) is 9.04. The van der Waals surface area contributed by atoms with Gasteiger partial charge in [0.1, 0.15) is 11.0 Å². The summed E-state index contributed by atoms with van der Waals surface area (Å²) in [6.07, 6.45) is 3.47. The highest BCUT2D eigenvalue weighted by atomic mass is 32.1. The van der Waals surface area contributed by atoms with Crippen molar-refractivity contribution in [3.8, 4) is 0 Å². The Kier molecular flexibility index (Phi) is 5.60. The van der Waals surface area contributed by atoms with Crippen LogP contribution in [0.4, 0.5) is 5.82 Å². The van der Waals surface area contributed by atoms with Crippen LogP contribution in [-0.2, 0) is 19.6 Å². The highest BCUT2D eigenvalue weighted by Crippen LogP contribution is 2.31. The summed E-state index contributed by atoms with van der Waals surface area (Å²) in [4.78, 5) is 11.4. The number of hydrogen-bond donors (Lipinski definition) is 0.